The van der Waals surface area contributed by atoms with E-state index in [0.29, 0.717) is 17.9 Å². The van der Waals surface area contributed by atoms with Crippen LogP contribution in [0.2, 0.25) is 0 Å². The Balaban J connectivity index is 2.14. The van der Waals surface area contributed by atoms with Gasteiger partial charge in [-0.25, -0.2) is 0 Å². The minimum atomic E-state index is 0.520. The molecule has 20 heavy (non-hydrogen) atoms. The molecule has 1 heterocycles. The fourth-order valence-electron chi connectivity index (χ4n) is 1.80. The molecule has 5 nitrogen and oxygen atoms in total. The number of nitriles is 1. The molecule has 0 saturated carbocycles. The van der Waals surface area contributed by atoms with Gasteiger partial charge < -0.3 is 10.1 Å². The zero-order valence-electron chi connectivity index (χ0n) is 11.8. The molecule has 1 aromatic carbocycles. The molecule has 2 rings (SSSR count). The monoisotopic (exact) mass is 268 g/mol. The van der Waals surface area contributed by atoms with E-state index >= 15 is 0 Å². The van der Waals surface area contributed by atoms with E-state index in [2.05, 4.69) is 21.6 Å². The normalized spacial score (nSPS) is 9.90. The first-order valence-corrected chi connectivity index (χ1v) is 6.26. The molecular weight excluding hydrogens is 252 g/mol. The standard InChI is InChI=1S/C15H16N4O/c1-10-11(2)18-19-15(14(10)8-16)17-9-12-4-6-13(20-3)7-5-12/h4-7H,9H2,1-3H3,(H,17,19). The Morgan fingerprint density at radius 1 is 1.20 bits per heavy atom. The van der Waals surface area contributed by atoms with Crippen molar-refractivity contribution in [1.29, 1.82) is 5.26 Å². The first kappa shape index (κ1) is 13.8. The number of hydrogen-bond acceptors (Lipinski definition) is 5. The first-order valence-electron chi connectivity index (χ1n) is 6.26. The molecule has 0 atom stereocenters. The molecule has 0 aliphatic heterocycles. The summed E-state index contributed by atoms with van der Waals surface area (Å²) in [6.45, 7) is 4.30. The number of hydrogen-bond donors (Lipinski definition) is 1. The van der Waals surface area contributed by atoms with Gasteiger partial charge in [0.25, 0.3) is 0 Å². The van der Waals surface area contributed by atoms with E-state index in [1.54, 1.807) is 7.11 Å². The van der Waals surface area contributed by atoms with Gasteiger partial charge in [-0.3, -0.25) is 0 Å². The Bertz CT molecular complexity index is 644. The molecule has 102 valence electrons. The molecule has 0 bridgehead atoms. The van der Waals surface area contributed by atoms with Gasteiger partial charge in [-0.15, -0.1) is 5.10 Å². The number of aromatic nitrogens is 2. The van der Waals surface area contributed by atoms with Gasteiger partial charge in [-0.1, -0.05) is 12.1 Å². The average Bonchev–Trinajstić information content (AvgIpc) is 2.49. The molecule has 0 fully saturated rings. The number of aryl methyl sites for hydroxylation is 1. The van der Waals surface area contributed by atoms with Crippen LogP contribution in [0, 0.1) is 25.2 Å². The highest BCUT2D eigenvalue weighted by Crippen LogP contribution is 2.18. The van der Waals surface area contributed by atoms with Crippen LogP contribution in [0.5, 0.6) is 5.75 Å². The zero-order valence-corrected chi connectivity index (χ0v) is 11.8. The summed E-state index contributed by atoms with van der Waals surface area (Å²) in [4.78, 5) is 0. The van der Waals surface area contributed by atoms with Crippen molar-refractivity contribution < 1.29 is 4.74 Å². The van der Waals surface area contributed by atoms with Gasteiger partial charge in [-0.2, -0.15) is 10.4 Å². The SMILES string of the molecule is COc1ccc(CNc2nnc(C)c(C)c2C#N)cc1. The van der Waals surface area contributed by atoms with Crippen LogP contribution in [0.25, 0.3) is 0 Å². The summed E-state index contributed by atoms with van der Waals surface area (Å²) in [5.74, 6) is 1.34. The maximum Gasteiger partial charge on any atom is 0.167 e. The largest absolute Gasteiger partial charge is 0.497 e. The fraction of sp³-hybridized carbons (Fsp3) is 0.267. The van der Waals surface area contributed by atoms with Crippen LogP contribution in [-0.4, -0.2) is 17.3 Å². The highest BCUT2D eigenvalue weighted by molar-refractivity contribution is 5.55. The van der Waals surface area contributed by atoms with E-state index in [4.69, 9.17) is 4.74 Å². The molecule has 5 heteroatoms. The predicted molar refractivity (Wildman–Crippen MR) is 76.5 cm³/mol. The number of rotatable bonds is 4. The van der Waals surface area contributed by atoms with Crippen LogP contribution in [0.15, 0.2) is 24.3 Å². The highest BCUT2D eigenvalue weighted by atomic mass is 16.5. The van der Waals surface area contributed by atoms with Gasteiger partial charge in [-0.05, 0) is 37.1 Å². The lowest BCUT2D eigenvalue weighted by molar-refractivity contribution is 0.414. The molecule has 0 amide bonds. The second-order valence-electron chi connectivity index (χ2n) is 4.45. The van der Waals surface area contributed by atoms with Crippen LogP contribution < -0.4 is 10.1 Å². The average molecular weight is 268 g/mol. The lowest BCUT2D eigenvalue weighted by Crippen LogP contribution is -2.07. The smallest absolute Gasteiger partial charge is 0.167 e. The van der Waals surface area contributed by atoms with Crippen LogP contribution in [0.4, 0.5) is 5.82 Å². The van der Waals surface area contributed by atoms with E-state index in [9.17, 15) is 5.26 Å². The highest BCUT2D eigenvalue weighted by Gasteiger charge is 2.10. The van der Waals surface area contributed by atoms with Crippen LogP contribution in [0.1, 0.15) is 22.4 Å². The van der Waals surface area contributed by atoms with Crippen molar-refractivity contribution in [2.24, 2.45) is 0 Å². The quantitative estimate of drug-likeness (QED) is 0.922. The van der Waals surface area contributed by atoms with E-state index in [-0.39, 0.29) is 0 Å². The minimum Gasteiger partial charge on any atom is -0.497 e. The molecule has 2 aromatic rings. The van der Waals surface area contributed by atoms with Crippen LogP contribution in [-0.2, 0) is 6.54 Å². The van der Waals surface area contributed by atoms with Crippen molar-refractivity contribution in [2.75, 3.05) is 12.4 Å². The summed E-state index contributed by atoms with van der Waals surface area (Å²) in [6.07, 6.45) is 0. The lowest BCUT2D eigenvalue weighted by Gasteiger charge is -2.10. The number of ether oxygens (including phenoxy) is 1. The maximum atomic E-state index is 9.21. The van der Waals surface area contributed by atoms with Gasteiger partial charge in [0.15, 0.2) is 5.82 Å². The van der Waals surface area contributed by atoms with E-state index in [1.807, 2.05) is 38.1 Å². The van der Waals surface area contributed by atoms with Crippen molar-refractivity contribution in [3.63, 3.8) is 0 Å². The number of anilines is 1. The lowest BCUT2D eigenvalue weighted by atomic mass is 10.1. The molecule has 0 saturated heterocycles. The number of methoxy groups -OCH3 is 1. The summed E-state index contributed by atoms with van der Waals surface area (Å²) in [5.41, 5.74) is 3.26. The summed E-state index contributed by atoms with van der Waals surface area (Å²) in [7, 11) is 1.64. The van der Waals surface area contributed by atoms with Crippen molar-refractivity contribution in [2.45, 2.75) is 20.4 Å². The second kappa shape index (κ2) is 6.02. The van der Waals surface area contributed by atoms with E-state index < -0.39 is 0 Å². The third-order valence-electron chi connectivity index (χ3n) is 3.19. The molecule has 0 spiro atoms. The molecule has 1 N–H and O–H groups in total. The van der Waals surface area contributed by atoms with Crippen molar-refractivity contribution in [3.05, 3.63) is 46.6 Å². The predicted octanol–water partition coefficient (Wildman–Crippen LogP) is 2.59. The molecule has 0 radical (unpaired) electrons. The number of nitrogens with zero attached hydrogens (tertiary/aromatic N) is 3. The summed E-state index contributed by atoms with van der Waals surface area (Å²) >= 11 is 0. The maximum absolute atomic E-state index is 9.21. The van der Waals surface area contributed by atoms with Crippen molar-refractivity contribution >= 4 is 5.82 Å². The Morgan fingerprint density at radius 3 is 2.50 bits per heavy atom. The minimum absolute atomic E-state index is 0.520. The molecule has 0 aliphatic rings. The van der Waals surface area contributed by atoms with Gasteiger partial charge in [0.2, 0.25) is 0 Å². The third-order valence-corrected chi connectivity index (χ3v) is 3.19. The zero-order chi connectivity index (χ0) is 14.5. The molecule has 1 aromatic heterocycles. The third kappa shape index (κ3) is 2.86. The Morgan fingerprint density at radius 2 is 1.90 bits per heavy atom. The van der Waals surface area contributed by atoms with E-state index in [1.165, 1.54) is 0 Å². The Hall–Kier alpha value is -2.61. The fourth-order valence-corrected chi connectivity index (χ4v) is 1.80. The van der Waals surface area contributed by atoms with Gasteiger partial charge in [0.05, 0.1) is 12.8 Å². The Labute approximate surface area is 118 Å². The van der Waals surface area contributed by atoms with Gasteiger partial charge in [0.1, 0.15) is 17.4 Å². The Kier molecular flexibility index (Phi) is 4.16. The van der Waals surface area contributed by atoms with Crippen molar-refractivity contribution in [3.8, 4) is 11.8 Å². The first-order chi connectivity index (χ1) is 9.65. The van der Waals surface area contributed by atoms with Gasteiger partial charge in [0, 0.05) is 6.54 Å². The summed E-state index contributed by atoms with van der Waals surface area (Å²) in [6, 6.07) is 9.90. The molecule has 0 unspecified atom stereocenters. The molecular formula is C15H16N4O. The van der Waals surface area contributed by atoms with Crippen LogP contribution >= 0.6 is 0 Å². The summed E-state index contributed by atoms with van der Waals surface area (Å²) < 4.78 is 5.11. The molecule has 0 aliphatic carbocycles. The number of nitrogens with one attached hydrogen (secondary N) is 1. The van der Waals surface area contributed by atoms with Crippen LogP contribution in [0.3, 0.4) is 0 Å². The topological polar surface area (TPSA) is 70.8 Å². The summed E-state index contributed by atoms with van der Waals surface area (Å²) in [5, 5.41) is 20.5. The van der Waals surface area contributed by atoms with Crippen molar-refractivity contribution in [1.82, 2.24) is 10.2 Å². The second-order valence-corrected chi connectivity index (χ2v) is 4.45. The van der Waals surface area contributed by atoms with Gasteiger partial charge >= 0.3 is 0 Å². The number of benzene rings is 1. The van der Waals surface area contributed by atoms with E-state index in [0.717, 1.165) is 22.6 Å².